The number of benzene rings is 1. The predicted molar refractivity (Wildman–Crippen MR) is 70.9 cm³/mol. The Morgan fingerprint density at radius 1 is 1.30 bits per heavy atom. The lowest BCUT2D eigenvalue weighted by Gasteiger charge is -2.09. The molecule has 0 aliphatic carbocycles. The molecular weight excluding hydrogens is 281 g/mol. The number of aromatic nitrogens is 1. The zero-order valence-electron chi connectivity index (χ0n) is 10.5. The van der Waals surface area contributed by atoms with Crippen LogP contribution in [-0.4, -0.2) is 13.4 Å². The number of nitriles is 1. The van der Waals surface area contributed by atoms with Crippen LogP contribution in [0.1, 0.15) is 11.1 Å². The van der Waals surface area contributed by atoms with Gasteiger partial charge >= 0.3 is 0 Å². The number of rotatable bonds is 3. The lowest BCUT2D eigenvalue weighted by molar-refractivity contribution is 0.594. The SMILES string of the molecule is Cc1ccc(F)cc1S(=O)(=O)Nc1ccc(C#N)cn1. The monoisotopic (exact) mass is 291 g/mol. The Hall–Kier alpha value is -2.46. The Labute approximate surface area is 115 Å². The molecule has 0 amide bonds. The van der Waals surface area contributed by atoms with Gasteiger partial charge in [-0.2, -0.15) is 5.26 Å². The van der Waals surface area contributed by atoms with Crippen molar-refractivity contribution < 1.29 is 12.8 Å². The first-order valence-corrected chi connectivity index (χ1v) is 7.06. The van der Waals surface area contributed by atoms with Gasteiger partial charge in [0.15, 0.2) is 0 Å². The second-order valence-electron chi connectivity index (χ2n) is 4.06. The van der Waals surface area contributed by atoms with Crippen LogP contribution in [0.3, 0.4) is 0 Å². The van der Waals surface area contributed by atoms with Gasteiger partial charge in [-0.1, -0.05) is 6.07 Å². The number of pyridine rings is 1. The Morgan fingerprint density at radius 2 is 2.05 bits per heavy atom. The van der Waals surface area contributed by atoms with Gasteiger partial charge < -0.3 is 0 Å². The minimum Gasteiger partial charge on any atom is -0.263 e. The highest BCUT2D eigenvalue weighted by atomic mass is 32.2. The fourth-order valence-corrected chi connectivity index (χ4v) is 2.84. The van der Waals surface area contributed by atoms with Crippen LogP contribution >= 0.6 is 0 Å². The van der Waals surface area contributed by atoms with E-state index in [1.54, 1.807) is 6.92 Å². The highest BCUT2D eigenvalue weighted by Gasteiger charge is 2.18. The minimum atomic E-state index is -3.92. The molecule has 5 nitrogen and oxygen atoms in total. The zero-order chi connectivity index (χ0) is 14.8. The van der Waals surface area contributed by atoms with Crippen molar-refractivity contribution in [2.24, 2.45) is 0 Å². The van der Waals surface area contributed by atoms with Gasteiger partial charge in [0, 0.05) is 6.20 Å². The van der Waals surface area contributed by atoms with Crippen molar-refractivity contribution in [1.82, 2.24) is 4.98 Å². The molecule has 1 heterocycles. The van der Waals surface area contributed by atoms with Crippen LogP contribution < -0.4 is 4.72 Å². The third-order valence-electron chi connectivity index (χ3n) is 2.57. The van der Waals surface area contributed by atoms with Crippen LogP contribution in [-0.2, 0) is 10.0 Å². The maximum Gasteiger partial charge on any atom is 0.263 e. The maximum absolute atomic E-state index is 13.2. The molecule has 1 N–H and O–H groups in total. The van der Waals surface area contributed by atoms with E-state index in [0.29, 0.717) is 11.1 Å². The lowest BCUT2D eigenvalue weighted by atomic mass is 10.2. The summed E-state index contributed by atoms with van der Waals surface area (Å²) in [6, 6.07) is 8.20. The van der Waals surface area contributed by atoms with Crippen LogP contribution in [0, 0.1) is 24.1 Å². The molecule has 0 aliphatic rings. The quantitative estimate of drug-likeness (QED) is 0.939. The molecule has 7 heteroatoms. The average Bonchev–Trinajstić information content (AvgIpc) is 2.42. The van der Waals surface area contributed by atoms with Crippen molar-refractivity contribution in [2.45, 2.75) is 11.8 Å². The van der Waals surface area contributed by atoms with Crippen molar-refractivity contribution in [1.29, 1.82) is 5.26 Å². The number of hydrogen-bond acceptors (Lipinski definition) is 4. The van der Waals surface area contributed by atoms with E-state index >= 15 is 0 Å². The van der Waals surface area contributed by atoms with Crippen LogP contribution in [0.15, 0.2) is 41.4 Å². The molecule has 2 aromatic rings. The Balaban J connectivity index is 2.35. The molecule has 1 aromatic heterocycles. The summed E-state index contributed by atoms with van der Waals surface area (Å²) in [5.74, 6) is -0.573. The molecule has 0 spiro atoms. The Morgan fingerprint density at radius 3 is 2.65 bits per heavy atom. The van der Waals surface area contributed by atoms with Gasteiger partial charge in [0.2, 0.25) is 0 Å². The summed E-state index contributed by atoms with van der Waals surface area (Å²) in [4.78, 5) is 3.66. The molecule has 0 radical (unpaired) electrons. The predicted octanol–water partition coefficient (Wildman–Crippen LogP) is 2.20. The van der Waals surface area contributed by atoms with Crippen LogP contribution in [0.5, 0.6) is 0 Å². The fraction of sp³-hybridized carbons (Fsp3) is 0.0769. The van der Waals surface area contributed by atoms with E-state index in [1.165, 1.54) is 30.5 Å². The van der Waals surface area contributed by atoms with Crippen molar-refractivity contribution in [3.8, 4) is 6.07 Å². The van der Waals surface area contributed by atoms with Crippen LogP contribution in [0.4, 0.5) is 10.2 Å². The van der Waals surface area contributed by atoms with E-state index in [-0.39, 0.29) is 10.7 Å². The lowest BCUT2D eigenvalue weighted by Crippen LogP contribution is -2.15. The summed E-state index contributed by atoms with van der Waals surface area (Å²) in [5, 5.41) is 8.64. The number of anilines is 1. The normalized spacial score (nSPS) is 10.8. The van der Waals surface area contributed by atoms with Gasteiger partial charge in [-0.3, -0.25) is 4.72 Å². The number of hydrogen-bond donors (Lipinski definition) is 1. The van der Waals surface area contributed by atoms with Crippen molar-refractivity contribution in [3.63, 3.8) is 0 Å². The third-order valence-corrected chi connectivity index (χ3v) is 4.07. The number of sulfonamides is 1. The zero-order valence-corrected chi connectivity index (χ0v) is 11.3. The smallest absolute Gasteiger partial charge is 0.263 e. The van der Waals surface area contributed by atoms with E-state index in [9.17, 15) is 12.8 Å². The molecule has 1 aromatic carbocycles. The largest absolute Gasteiger partial charge is 0.263 e. The minimum absolute atomic E-state index is 0.0626. The second-order valence-corrected chi connectivity index (χ2v) is 5.71. The van der Waals surface area contributed by atoms with Crippen LogP contribution in [0.25, 0.3) is 0 Å². The average molecular weight is 291 g/mol. The Kier molecular flexibility index (Phi) is 3.68. The van der Waals surface area contributed by atoms with E-state index in [0.717, 1.165) is 6.07 Å². The molecule has 0 saturated heterocycles. The van der Waals surface area contributed by atoms with E-state index in [2.05, 4.69) is 9.71 Å². The molecule has 0 saturated carbocycles. The number of aryl methyl sites for hydroxylation is 1. The summed E-state index contributed by atoms with van der Waals surface area (Å²) < 4.78 is 39.7. The van der Waals surface area contributed by atoms with Crippen molar-refractivity contribution in [3.05, 3.63) is 53.5 Å². The number of halogens is 1. The van der Waals surface area contributed by atoms with Crippen LogP contribution in [0.2, 0.25) is 0 Å². The second kappa shape index (κ2) is 5.27. The van der Waals surface area contributed by atoms with E-state index in [1.807, 2.05) is 6.07 Å². The first-order chi connectivity index (χ1) is 9.42. The van der Waals surface area contributed by atoms with Gasteiger partial charge in [0.05, 0.1) is 10.5 Å². The highest BCUT2D eigenvalue weighted by molar-refractivity contribution is 7.92. The molecule has 0 bridgehead atoms. The molecule has 0 atom stereocenters. The van der Waals surface area contributed by atoms with Crippen molar-refractivity contribution >= 4 is 15.8 Å². The molecule has 2 rings (SSSR count). The first-order valence-electron chi connectivity index (χ1n) is 5.57. The summed E-state index contributed by atoms with van der Waals surface area (Å²) >= 11 is 0. The van der Waals surface area contributed by atoms with E-state index in [4.69, 9.17) is 5.26 Å². The fourth-order valence-electron chi connectivity index (χ4n) is 1.58. The molecule has 20 heavy (non-hydrogen) atoms. The summed E-state index contributed by atoms with van der Waals surface area (Å²) in [6.45, 7) is 1.57. The molecule has 0 fully saturated rings. The summed E-state index contributed by atoms with van der Waals surface area (Å²) in [5.41, 5.74) is 0.738. The topological polar surface area (TPSA) is 82.9 Å². The third kappa shape index (κ3) is 2.92. The molecule has 102 valence electrons. The van der Waals surface area contributed by atoms with E-state index < -0.39 is 15.8 Å². The molecule has 0 unspecified atom stereocenters. The van der Waals surface area contributed by atoms with Gasteiger partial charge in [-0.25, -0.2) is 17.8 Å². The van der Waals surface area contributed by atoms with Gasteiger partial charge in [-0.05, 0) is 36.8 Å². The van der Waals surface area contributed by atoms with Crippen molar-refractivity contribution in [2.75, 3.05) is 4.72 Å². The van der Waals surface area contributed by atoms with Gasteiger partial charge in [0.1, 0.15) is 17.7 Å². The highest BCUT2D eigenvalue weighted by Crippen LogP contribution is 2.19. The summed E-state index contributed by atoms with van der Waals surface area (Å²) in [6.07, 6.45) is 1.25. The number of nitrogens with one attached hydrogen (secondary N) is 1. The van der Waals surface area contributed by atoms with Gasteiger partial charge in [-0.15, -0.1) is 0 Å². The molecule has 0 aliphatic heterocycles. The number of nitrogens with zero attached hydrogens (tertiary/aromatic N) is 2. The first kappa shape index (κ1) is 14.0. The summed E-state index contributed by atoms with van der Waals surface area (Å²) in [7, 11) is -3.92. The maximum atomic E-state index is 13.2. The van der Waals surface area contributed by atoms with Gasteiger partial charge in [0.25, 0.3) is 10.0 Å². The Bertz CT molecular complexity index is 780. The standard InChI is InChI=1S/C13H10FN3O2S/c1-9-2-4-11(14)6-12(9)20(18,19)17-13-5-3-10(7-15)8-16-13/h2-6,8H,1H3,(H,16,17). The molecular formula is C13H10FN3O2S.